The maximum Gasteiger partial charge on any atom is 0.266 e. The first-order chi connectivity index (χ1) is 17.3. The molecule has 0 unspecified atom stereocenters. The molecule has 1 aliphatic rings. The van der Waals surface area contributed by atoms with Crippen LogP contribution in [0, 0.1) is 13.8 Å². The number of amides is 1. The van der Waals surface area contributed by atoms with Gasteiger partial charge in [-0.15, -0.1) is 0 Å². The van der Waals surface area contributed by atoms with Crippen LogP contribution in [0.4, 0.5) is 0 Å². The number of benzene rings is 2. The standard InChI is InChI=1S/C27H20ClN3O2S3/c1-16-5-7-18(8-6-16)15-31-26(33)22(36-27(31)34)14-21-24(35-20-11-9-19(28)10-12-20)29-23-17(2)4-3-13-30(23)25(21)32/h3-14H,15H2,1-2H3/b22-14+. The molecule has 4 aromatic rings. The molecule has 2 aromatic carbocycles. The minimum Gasteiger partial charge on any atom is -0.288 e. The molecule has 1 saturated heterocycles. The highest BCUT2D eigenvalue weighted by molar-refractivity contribution is 8.26. The molecule has 3 heterocycles. The zero-order valence-corrected chi connectivity index (χ0v) is 22.6. The van der Waals surface area contributed by atoms with Gasteiger partial charge in [0.1, 0.15) is 15.0 Å². The average Bonchev–Trinajstić information content (AvgIpc) is 3.12. The molecule has 0 saturated carbocycles. The predicted octanol–water partition coefficient (Wildman–Crippen LogP) is 6.52. The molecule has 9 heteroatoms. The maximum atomic E-state index is 13.6. The van der Waals surface area contributed by atoms with Gasteiger partial charge in [0.05, 0.1) is 17.0 Å². The van der Waals surface area contributed by atoms with Gasteiger partial charge in [0, 0.05) is 16.1 Å². The summed E-state index contributed by atoms with van der Waals surface area (Å²) in [5.41, 5.74) is 3.68. The number of thioether (sulfide) groups is 1. The Morgan fingerprint density at radius 1 is 1.06 bits per heavy atom. The van der Waals surface area contributed by atoms with Crippen LogP contribution in [-0.2, 0) is 11.3 Å². The van der Waals surface area contributed by atoms with Crippen molar-refractivity contribution in [1.82, 2.24) is 14.3 Å². The monoisotopic (exact) mass is 549 g/mol. The Hall–Kier alpha value is -2.91. The van der Waals surface area contributed by atoms with Crippen LogP contribution in [0.2, 0.25) is 5.02 Å². The third kappa shape index (κ3) is 4.99. The number of fused-ring (bicyclic) bond motifs is 1. The Morgan fingerprint density at radius 2 is 1.78 bits per heavy atom. The Bertz CT molecular complexity index is 1600. The average molecular weight is 550 g/mol. The van der Waals surface area contributed by atoms with E-state index in [-0.39, 0.29) is 11.5 Å². The fourth-order valence-corrected chi connectivity index (χ4v) is 6.00. The first-order valence-electron chi connectivity index (χ1n) is 11.1. The molecule has 0 spiro atoms. The van der Waals surface area contributed by atoms with E-state index < -0.39 is 0 Å². The molecule has 2 aromatic heterocycles. The fourth-order valence-electron chi connectivity index (χ4n) is 3.75. The van der Waals surface area contributed by atoms with Gasteiger partial charge in [-0.1, -0.05) is 83.2 Å². The van der Waals surface area contributed by atoms with Crippen molar-refractivity contribution in [3.05, 3.63) is 109 Å². The van der Waals surface area contributed by atoms with E-state index in [2.05, 4.69) is 0 Å². The van der Waals surface area contributed by atoms with Gasteiger partial charge in [0.15, 0.2) is 0 Å². The van der Waals surface area contributed by atoms with E-state index in [0.29, 0.717) is 37.0 Å². The Kier molecular flexibility index (Phi) is 7.03. The lowest BCUT2D eigenvalue weighted by Gasteiger charge is -2.14. The Balaban J connectivity index is 1.57. The molecule has 0 atom stereocenters. The number of carbonyl (C=O) groups excluding carboxylic acids is 1. The lowest BCUT2D eigenvalue weighted by molar-refractivity contribution is -0.122. The number of aryl methyl sites for hydroxylation is 2. The third-order valence-electron chi connectivity index (χ3n) is 5.69. The summed E-state index contributed by atoms with van der Waals surface area (Å²) in [5, 5.41) is 1.14. The molecular formula is C27H20ClN3O2S3. The minimum atomic E-state index is -0.246. The molecule has 0 N–H and O–H groups in total. The predicted molar refractivity (Wildman–Crippen MR) is 152 cm³/mol. The van der Waals surface area contributed by atoms with Crippen molar-refractivity contribution in [1.29, 1.82) is 0 Å². The molecule has 0 radical (unpaired) electrons. The summed E-state index contributed by atoms with van der Waals surface area (Å²) in [4.78, 5) is 34.6. The molecule has 36 heavy (non-hydrogen) atoms. The van der Waals surface area contributed by atoms with Crippen molar-refractivity contribution in [3.63, 3.8) is 0 Å². The van der Waals surface area contributed by atoms with Gasteiger partial charge in [0.25, 0.3) is 11.5 Å². The molecule has 1 fully saturated rings. The molecule has 5 nitrogen and oxygen atoms in total. The van der Waals surface area contributed by atoms with Gasteiger partial charge in [-0.2, -0.15) is 0 Å². The van der Waals surface area contributed by atoms with Crippen LogP contribution in [0.1, 0.15) is 22.3 Å². The van der Waals surface area contributed by atoms with Gasteiger partial charge < -0.3 is 0 Å². The molecule has 180 valence electrons. The van der Waals surface area contributed by atoms with E-state index in [9.17, 15) is 9.59 Å². The number of rotatable bonds is 5. The zero-order valence-electron chi connectivity index (χ0n) is 19.4. The number of halogens is 1. The second-order valence-corrected chi connectivity index (χ2v) is 11.5. The van der Waals surface area contributed by atoms with E-state index in [1.54, 1.807) is 29.3 Å². The zero-order chi connectivity index (χ0) is 25.4. The number of carbonyl (C=O) groups is 1. The lowest BCUT2D eigenvalue weighted by Crippen LogP contribution is -2.27. The number of hydrogen-bond acceptors (Lipinski definition) is 6. The smallest absolute Gasteiger partial charge is 0.266 e. The van der Waals surface area contributed by atoms with Gasteiger partial charge in [-0.05, 0) is 61.4 Å². The van der Waals surface area contributed by atoms with Crippen molar-refractivity contribution in [3.8, 4) is 0 Å². The van der Waals surface area contributed by atoms with Crippen molar-refractivity contribution in [2.24, 2.45) is 0 Å². The Morgan fingerprint density at radius 3 is 2.50 bits per heavy atom. The van der Waals surface area contributed by atoms with E-state index >= 15 is 0 Å². The van der Waals surface area contributed by atoms with Crippen molar-refractivity contribution in [2.45, 2.75) is 30.3 Å². The normalized spacial score (nSPS) is 14.9. The van der Waals surface area contributed by atoms with E-state index in [4.69, 9.17) is 28.8 Å². The van der Waals surface area contributed by atoms with Gasteiger partial charge in [-0.3, -0.25) is 18.9 Å². The van der Waals surface area contributed by atoms with Crippen LogP contribution in [0.25, 0.3) is 11.7 Å². The minimum absolute atomic E-state index is 0.221. The molecule has 1 amide bonds. The number of hydrogen-bond donors (Lipinski definition) is 0. The highest BCUT2D eigenvalue weighted by Gasteiger charge is 2.32. The second kappa shape index (κ2) is 10.2. The number of aromatic nitrogens is 2. The van der Waals surface area contributed by atoms with Crippen LogP contribution in [-0.4, -0.2) is 24.5 Å². The second-order valence-electron chi connectivity index (χ2n) is 8.33. The van der Waals surface area contributed by atoms with Crippen LogP contribution < -0.4 is 5.56 Å². The maximum absolute atomic E-state index is 13.6. The topological polar surface area (TPSA) is 54.7 Å². The number of pyridine rings is 1. The first-order valence-corrected chi connectivity index (χ1v) is 13.5. The summed E-state index contributed by atoms with van der Waals surface area (Å²) < 4.78 is 1.98. The van der Waals surface area contributed by atoms with Crippen molar-refractivity contribution < 1.29 is 4.79 Å². The van der Waals surface area contributed by atoms with E-state index in [1.807, 2.05) is 62.4 Å². The van der Waals surface area contributed by atoms with Crippen LogP contribution in [0.3, 0.4) is 0 Å². The quantitative estimate of drug-likeness (QED) is 0.160. The molecule has 0 bridgehead atoms. The lowest BCUT2D eigenvalue weighted by atomic mass is 10.1. The molecule has 5 rings (SSSR count). The Labute approximate surface area is 227 Å². The molecular weight excluding hydrogens is 530 g/mol. The summed E-state index contributed by atoms with van der Waals surface area (Å²) in [7, 11) is 0. The van der Waals surface area contributed by atoms with Gasteiger partial charge in [-0.25, -0.2) is 4.98 Å². The van der Waals surface area contributed by atoms with Gasteiger partial charge >= 0.3 is 0 Å². The first kappa shape index (κ1) is 24.8. The van der Waals surface area contributed by atoms with Crippen LogP contribution >= 0.6 is 47.3 Å². The molecule has 0 aliphatic carbocycles. The summed E-state index contributed by atoms with van der Waals surface area (Å²) in [6.45, 7) is 4.31. The summed E-state index contributed by atoms with van der Waals surface area (Å²) in [6, 6.07) is 19.0. The highest BCUT2D eigenvalue weighted by Crippen LogP contribution is 2.36. The number of thiocarbonyl (C=S) groups is 1. The third-order valence-corrected chi connectivity index (χ3v) is 8.33. The molecule has 1 aliphatic heterocycles. The largest absolute Gasteiger partial charge is 0.288 e. The highest BCUT2D eigenvalue weighted by atomic mass is 35.5. The summed E-state index contributed by atoms with van der Waals surface area (Å²) in [5.74, 6) is -0.221. The van der Waals surface area contributed by atoms with E-state index in [1.165, 1.54) is 27.9 Å². The SMILES string of the molecule is Cc1ccc(CN2C(=O)/C(=C\c3c(Sc4ccc(Cl)cc4)nc4c(C)cccn4c3=O)SC2=S)cc1. The van der Waals surface area contributed by atoms with Crippen LogP contribution in [0.15, 0.2) is 86.5 Å². The van der Waals surface area contributed by atoms with Gasteiger partial charge in [0.2, 0.25) is 0 Å². The summed E-state index contributed by atoms with van der Waals surface area (Å²) >= 11 is 14.1. The van der Waals surface area contributed by atoms with Crippen LogP contribution in [0.5, 0.6) is 0 Å². The summed E-state index contributed by atoms with van der Waals surface area (Å²) in [6.07, 6.45) is 3.31. The fraction of sp³-hybridized carbons (Fsp3) is 0.111. The van der Waals surface area contributed by atoms with Crippen molar-refractivity contribution >= 4 is 69.3 Å². The number of nitrogens with zero attached hydrogens (tertiary/aromatic N) is 3. The van der Waals surface area contributed by atoms with E-state index in [0.717, 1.165) is 21.6 Å². The van der Waals surface area contributed by atoms with Crippen molar-refractivity contribution in [2.75, 3.05) is 0 Å².